The van der Waals surface area contributed by atoms with E-state index in [-0.39, 0.29) is 36.6 Å². The molecule has 4 amide bonds. The number of rotatable bonds is 22. The molecule has 7 aliphatic heterocycles. The van der Waals surface area contributed by atoms with Crippen LogP contribution in [0.2, 0.25) is 0 Å². The Hall–Kier alpha value is -14.9. The second-order valence-corrected chi connectivity index (χ2v) is 32.5. The van der Waals surface area contributed by atoms with Gasteiger partial charge in [-0.25, -0.2) is 4.39 Å². The molecule has 12 aromatic rings. The van der Waals surface area contributed by atoms with Gasteiger partial charge in [-0.2, -0.15) is 78.3 Å². The quantitative estimate of drug-likeness (QED) is 0.0282. The first-order valence-electron chi connectivity index (χ1n) is 43.1. The van der Waals surface area contributed by atoms with Crippen molar-refractivity contribution >= 4 is 141 Å². The van der Waals surface area contributed by atoms with Gasteiger partial charge in [-0.1, -0.05) is 99.1 Å². The summed E-state index contributed by atoms with van der Waals surface area (Å²) in [7, 11) is 4.30. The van der Waals surface area contributed by atoms with Gasteiger partial charge in [-0.05, 0) is 187 Å². The van der Waals surface area contributed by atoms with E-state index in [0.29, 0.717) is 144 Å². The van der Waals surface area contributed by atoms with Crippen LogP contribution in [0.5, 0.6) is 0 Å². The molecule has 0 bridgehead atoms. The minimum absolute atomic E-state index is 0.0514. The summed E-state index contributed by atoms with van der Waals surface area (Å²) in [5.41, 5.74) is 15.0. The molecule has 7 saturated heterocycles. The number of para-hydroxylation sites is 4. The molecule has 128 heavy (non-hydrogen) atoms. The van der Waals surface area contributed by atoms with Gasteiger partial charge < -0.3 is 77.5 Å². The molecule has 1 saturated carbocycles. The Morgan fingerprint density at radius 3 is 1.20 bits per heavy atom. The standard InChI is InChI=1S/C25H30N8O.C24H28N8O.C22H23N7O2.C21H20FN7O/c1-16-17(14-22(34)27-16)13-18-15-26-33-23(18)30-24(28-20-9-11-21(12-10-20)32(2)3)31-25(33)29-19-7-5-4-6-8-19;1-17-18(15-21(33)27-17)14-19-16-26-32-22(19)29-23(25-10-7-13-31-11-5-6-12-31)30-24(32)28-20-8-3-2-4-9-20;1-15-16(13-19(30)24-15)12-17-14-23-29-20(17)26-21(28-8-5-10-31-11-9-28)27-22(29)25-18-6-3-2-4-7-18;1-13-14(10-18(30)24-13)9-15-11-23-29-19(15)26-20(28-8-7-16(22)12-28)27-21(29)25-17-5-3-2-4-6-17/h4-8,13,15,20-21H,1,9-12,14H2,2-3H3,(H,27,34)(H2,28,29,30,31);2-4,8-9,14,16H,1,5-7,10-13,15H2,(H,27,33)(H2,25,28,29,30);2-4,6-7,12,14H,1,5,8-11,13H2,(H,24,30)(H,25,26,27);2-6,9,11,16H,1,7-8,10,12H2,(H,24,30)(H,25,26,27)/b17-13+;18-14+;16-12+;14-9+/t;;;16-/m...0/s1. The molecule has 8 aliphatic rings. The number of fused-ring (bicyclic) bond motifs is 4. The highest BCUT2D eigenvalue weighted by molar-refractivity contribution is 5.93. The van der Waals surface area contributed by atoms with E-state index < -0.39 is 6.17 Å². The van der Waals surface area contributed by atoms with Crippen molar-refractivity contribution in [3.05, 3.63) is 240 Å². The summed E-state index contributed by atoms with van der Waals surface area (Å²) >= 11 is 0. The van der Waals surface area contributed by atoms with Crippen molar-refractivity contribution in [2.24, 2.45) is 0 Å². The van der Waals surface area contributed by atoms with Crippen molar-refractivity contribution in [3.63, 3.8) is 0 Å². The second-order valence-electron chi connectivity index (χ2n) is 32.5. The zero-order valence-electron chi connectivity index (χ0n) is 71.4. The third kappa shape index (κ3) is 20.7. The average Bonchev–Trinajstić information content (AvgIpc) is 1.64. The summed E-state index contributed by atoms with van der Waals surface area (Å²) in [6.45, 7) is 23.7. The highest BCUT2D eigenvalue weighted by atomic mass is 19.1. The predicted molar refractivity (Wildman–Crippen MR) is 493 cm³/mol. The number of alkyl halides is 1. The lowest BCUT2D eigenvalue weighted by Crippen LogP contribution is -2.36. The molecule has 20 rings (SSSR count). The molecule has 35 nitrogen and oxygen atoms in total. The summed E-state index contributed by atoms with van der Waals surface area (Å²) in [5.74, 6) is 4.12. The van der Waals surface area contributed by atoms with E-state index in [2.05, 4.69) is 144 Å². The zero-order valence-corrected chi connectivity index (χ0v) is 71.4. The third-order valence-corrected chi connectivity index (χ3v) is 22.9. The largest absolute Gasteiger partial charge is 0.380 e. The third-order valence-electron chi connectivity index (χ3n) is 22.9. The van der Waals surface area contributed by atoms with Crippen LogP contribution < -0.4 is 63.0 Å². The second kappa shape index (κ2) is 39.1. The van der Waals surface area contributed by atoms with E-state index in [1.165, 1.54) is 25.9 Å². The van der Waals surface area contributed by atoms with Crippen LogP contribution in [0.25, 0.3) is 46.9 Å². The smallest absolute Gasteiger partial charge is 0.233 e. The van der Waals surface area contributed by atoms with Crippen LogP contribution in [0.1, 0.15) is 106 Å². The van der Waals surface area contributed by atoms with Crippen LogP contribution in [-0.2, 0) is 23.9 Å². The Bertz CT molecular complexity index is 6280. The van der Waals surface area contributed by atoms with Crippen molar-refractivity contribution in [1.82, 2.24) is 109 Å². The first-order valence-corrected chi connectivity index (χ1v) is 43.1. The summed E-state index contributed by atoms with van der Waals surface area (Å²) in [5, 5.41) is 49.2. The zero-order chi connectivity index (χ0) is 88.2. The molecule has 1 atom stereocenters. The minimum Gasteiger partial charge on any atom is -0.380 e. The number of amides is 4. The molecule has 0 radical (unpaired) electrons. The molecule has 4 aromatic carbocycles. The lowest BCUT2D eigenvalue weighted by molar-refractivity contribution is -0.119. The summed E-state index contributed by atoms with van der Waals surface area (Å²) in [6.07, 6.45) is 24.2. The Kier molecular flexibility index (Phi) is 26.0. The normalized spacial score (nSPS) is 19.6. The molecule has 0 unspecified atom stereocenters. The number of carbonyl (C=O) groups is 4. The van der Waals surface area contributed by atoms with Gasteiger partial charge in [0.1, 0.15) is 6.17 Å². The average molecular weight is 1730 g/mol. The van der Waals surface area contributed by atoms with E-state index in [9.17, 15) is 23.6 Å². The number of carbonyl (C=O) groups excluding carboxylic acids is 4. The summed E-state index contributed by atoms with van der Waals surface area (Å²) in [6, 6.07) is 40.1. The first kappa shape index (κ1) is 85.3. The number of nitrogens with one attached hydrogen (secondary N) is 10. The van der Waals surface area contributed by atoms with E-state index >= 15 is 0 Å². The van der Waals surface area contributed by atoms with Gasteiger partial charge in [0.25, 0.3) is 0 Å². The lowest BCUT2D eigenvalue weighted by atomic mass is 9.91. The SMILES string of the molecule is C=C1NC(=O)C/C1=C\c1cnn2c(Nc3ccccc3)nc(N3CCCOCC3)nc12.C=C1NC(=O)C/C1=C\c1cnn2c(Nc3ccccc3)nc(N3CC[C@H](F)C3)nc12.C=C1NC(=O)C/C1=C\c1cnn2c(Nc3ccccc3)nc(NC3CCC(N(C)C)CC3)nc12.C=C1NC(=O)C/C1=C\c1cnn2c(Nc3ccccc3)nc(NCCCN3CCCC3)nc12. The Morgan fingerprint density at radius 2 is 0.820 bits per heavy atom. The van der Waals surface area contributed by atoms with Crippen molar-refractivity contribution in [3.8, 4) is 0 Å². The highest BCUT2D eigenvalue weighted by Crippen LogP contribution is 2.34. The molecule has 10 N–H and O–H groups in total. The van der Waals surface area contributed by atoms with Crippen LogP contribution in [0, 0.1) is 0 Å². The fourth-order valence-electron chi connectivity index (χ4n) is 16.2. The number of aromatic nitrogens is 16. The van der Waals surface area contributed by atoms with Gasteiger partial charge in [-0.3, -0.25) is 19.2 Å². The number of likely N-dealkylation sites (tertiary alicyclic amines) is 1. The van der Waals surface area contributed by atoms with Crippen LogP contribution in [0.15, 0.2) is 218 Å². The number of halogens is 1. The van der Waals surface area contributed by atoms with E-state index in [1.807, 2.05) is 151 Å². The monoisotopic (exact) mass is 1720 g/mol. The van der Waals surface area contributed by atoms with Crippen molar-refractivity contribution < 1.29 is 28.3 Å². The lowest BCUT2D eigenvalue weighted by Gasteiger charge is -2.33. The van der Waals surface area contributed by atoms with Crippen molar-refractivity contribution in [1.29, 1.82) is 0 Å². The molecular formula is C92H101FN30O5. The molecule has 0 spiro atoms. The number of hydrogen-bond acceptors (Lipinski definition) is 27. The molecule has 15 heterocycles. The fraction of sp³-hybridized carbons (Fsp3) is 0.304. The van der Waals surface area contributed by atoms with Gasteiger partial charge in [0.2, 0.25) is 71.2 Å². The number of anilines is 12. The molecule has 8 aromatic heterocycles. The Morgan fingerprint density at radius 1 is 0.438 bits per heavy atom. The number of benzene rings is 4. The molecule has 36 heteroatoms. The topological polar surface area (TPSA) is 383 Å². The van der Waals surface area contributed by atoms with E-state index in [1.54, 1.807) is 42.8 Å². The maximum Gasteiger partial charge on any atom is 0.233 e. The van der Waals surface area contributed by atoms with Crippen LogP contribution >= 0.6 is 0 Å². The van der Waals surface area contributed by atoms with E-state index in [0.717, 1.165) is 139 Å². The van der Waals surface area contributed by atoms with Crippen LogP contribution in [0.3, 0.4) is 0 Å². The predicted octanol–water partition coefficient (Wildman–Crippen LogP) is 12.1. The van der Waals surface area contributed by atoms with Gasteiger partial charge >= 0.3 is 0 Å². The van der Waals surface area contributed by atoms with Crippen molar-refractivity contribution in [2.45, 2.75) is 102 Å². The highest BCUT2D eigenvalue weighted by Gasteiger charge is 2.31. The maximum atomic E-state index is 13.8. The molecule has 8 fully saturated rings. The Labute approximate surface area is 737 Å². The minimum atomic E-state index is -0.888. The van der Waals surface area contributed by atoms with Gasteiger partial charge in [-0.15, -0.1) is 0 Å². The number of ether oxygens (including phenoxy) is 1. The number of hydrogen-bond donors (Lipinski definition) is 10. The molecule has 656 valence electrons. The Balaban J connectivity index is 0.000000120. The van der Waals surface area contributed by atoms with Crippen LogP contribution in [-0.4, -0.2) is 210 Å². The molecular weight excluding hydrogens is 1620 g/mol. The number of allylic oxidation sites excluding steroid dienone is 4. The van der Waals surface area contributed by atoms with E-state index in [4.69, 9.17) is 29.7 Å². The first-order chi connectivity index (χ1) is 62.3. The maximum absolute atomic E-state index is 13.8. The van der Waals surface area contributed by atoms with Crippen molar-refractivity contribution in [2.75, 3.05) is 121 Å². The van der Waals surface area contributed by atoms with Gasteiger partial charge in [0, 0.05) is 113 Å². The van der Waals surface area contributed by atoms with Crippen LogP contribution in [0.4, 0.5) is 74.7 Å². The van der Waals surface area contributed by atoms with Gasteiger partial charge in [0.15, 0.2) is 22.6 Å². The summed E-state index contributed by atoms with van der Waals surface area (Å²) in [4.78, 5) is 93.6. The fourth-order valence-corrected chi connectivity index (χ4v) is 16.2. The number of nitrogens with zero attached hydrogens (tertiary/aromatic N) is 20. The summed E-state index contributed by atoms with van der Waals surface area (Å²) < 4.78 is 26.1. The van der Waals surface area contributed by atoms with Gasteiger partial charge in [0.05, 0.1) is 63.6 Å². The molecule has 1 aliphatic carbocycles.